The molecule has 4 nitrogen and oxygen atoms in total. The molecule has 0 aromatic heterocycles. The highest BCUT2D eigenvalue weighted by molar-refractivity contribution is 9.10. The van der Waals surface area contributed by atoms with Crippen molar-refractivity contribution in [1.82, 2.24) is 0 Å². The monoisotopic (exact) mass is 324 g/mol. The van der Waals surface area contributed by atoms with Crippen LogP contribution in [-0.2, 0) is 0 Å². The zero-order chi connectivity index (χ0) is 14.0. The molecule has 2 rings (SSSR count). The highest BCUT2D eigenvalue weighted by Gasteiger charge is 2.10. The van der Waals surface area contributed by atoms with Gasteiger partial charge >= 0.3 is 5.97 Å². The van der Waals surface area contributed by atoms with E-state index in [1.165, 1.54) is 12.1 Å². The number of halogens is 2. The Morgan fingerprint density at radius 1 is 1.26 bits per heavy atom. The van der Waals surface area contributed by atoms with E-state index in [-0.39, 0.29) is 5.56 Å². The van der Waals surface area contributed by atoms with Gasteiger partial charge in [-0.25, -0.2) is 9.18 Å². The van der Waals surface area contributed by atoms with Crippen LogP contribution in [0.2, 0.25) is 0 Å². The summed E-state index contributed by atoms with van der Waals surface area (Å²) in [7, 11) is 0. The van der Waals surface area contributed by atoms with Crippen molar-refractivity contribution in [2.75, 3.05) is 11.1 Å². The number of nitrogen functional groups attached to an aromatic ring is 1. The first-order valence-corrected chi connectivity index (χ1v) is 6.11. The van der Waals surface area contributed by atoms with E-state index in [9.17, 15) is 9.18 Å². The summed E-state index contributed by atoms with van der Waals surface area (Å²) in [6.07, 6.45) is 0. The maximum atomic E-state index is 13.5. The number of benzene rings is 2. The van der Waals surface area contributed by atoms with Gasteiger partial charge in [-0.3, -0.25) is 0 Å². The van der Waals surface area contributed by atoms with Crippen LogP contribution in [-0.4, -0.2) is 11.1 Å². The van der Waals surface area contributed by atoms with Gasteiger partial charge in [0.15, 0.2) is 0 Å². The quantitative estimate of drug-likeness (QED) is 0.754. The molecule has 0 spiro atoms. The fraction of sp³-hybridized carbons (Fsp3) is 0. The SMILES string of the molecule is Nc1ccc(Br)cc1Nc1ccc(C(=O)O)c(F)c1. The summed E-state index contributed by atoms with van der Waals surface area (Å²) in [6, 6.07) is 9.03. The number of rotatable bonds is 3. The van der Waals surface area contributed by atoms with Gasteiger partial charge in [0.05, 0.1) is 16.9 Å². The molecule has 2 aromatic carbocycles. The van der Waals surface area contributed by atoms with E-state index in [0.29, 0.717) is 17.1 Å². The van der Waals surface area contributed by atoms with Crippen molar-refractivity contribution in [2.24, 2.45) is 0 Å². The lowest BCUT2D eigenvalue weighted by molar-refractivity contribution is 0.0692. The molecular formula is C13H10BrFN2O2. The first-order chi connectivity index (χ1) is 8.97. The minimum absolute atomic E-state index is 0.368. The average Bonchev–Trinajstić information content (AvgIpc) is 2.33. The Kier molecular flexibility index (Phi) is 3.71. The van der Waals surface area contributed by atoms with Crippen LogP contribution in [0.1, 0.15) is 10.4 Å². The standard InChI is InChI=1S/C13H10BrFN2O2/c14-7-1-4-11(16)12(5-7)17-8-2-3-9(13(18)19)10(15)6-8/h1-6,17H,16H2,(H,18,19). The topological polar surface area (TPSA) is 75.3 Å². The van der Waals surface area contributed by atoms with Crippen molar-refractivity contribution < 1.29 is 14.3 Å². The third-order valence-electron chi connectivity index (χ3n) is 2.49. The number of hydrogen-bond acceptors (Lipinski definition) is 3. The summed E-state index contributed by atoms with van der Waals surface area (Å²) in [6.45, 7) is 0. The van der Waals surface area contributed by atoms with Gasteiger partial charge in [-0.15, -0.1) is 0 Å². The van der Waals surface area contributed by atoms with E-state index in [1.807, 2.05) is 0 Å². The van der Waals surface area contributed by atoms with Crippen LogP contribution in [0.4, 0.5) is 21.5 Å². The second-order valence-electron chi connectivity index (χ2n) is 3.86. The molecule has 2 aromatic rings. The zero-order valence-electron chi connectivity index (χ0n) is 9.65. The molecule has 0 aliphatic rings. The van der Waals surface area contributed by atoms with Crippen molar-refractivity contribution in [3.05, 3.63) is 52.3 Å². The Morgan fingerprint density at radius 3 is 2.63 bits per heavy atom. The normalized spacial score (nSPS) is 10.2. The van der Waals surface area contributed by atoms with Crippen molar-refractivity contribution >= 4 is 39.0 Å². The van der Waals surface area contributed by atoms with Crippen LogP contribution in [0.5, 0.6) is 0 Å². The van der Waals surface area contributed by atoms with Crippen molar-refractivity contribution in [1.29, 1.82) is 0 Å². The number of carboxylic acids is 1. The van der Waals surface area contributed by atoms with E-state index >= 15 is 0 Å². The molecule has 0 bridgehead atoms. The maximum Gasteiger partial charge on any atom is 0.338 e. The van der Waals surface area contributed by atoms with E-state index in [4.69, 9.17) is 10.8 Å². The van der Waals surface area contributed by atoms with Gasteiger partial charge in [0, 0.05) is 10.2 Å². The number of carbonyl (C=O) groups is 1. The molecular weight excluding hydrogens is 315 g/mol. The number of nitrogens with one attached hydrogen (secondary N) is 1. The highest BCUT2D eigenvalue weighted by Crippen LogP contribution is 2.27. The third kappa shape index (κ3) is 3.03. The Morgan fingerprint density at radius 2 is 2.00 bits per heavy atom. The van der Waals surface area contributed by atoms with Crippen LogP contribution in [0.15, 0.2) is 40.9 Å². The molecule has 0 heterocycles. The average molecular weight is 325 g/mol. The van der Waals surface area contributed by atoms with Gasteiger partial charge in [-0.2, -0.15) is 0 Å². The molecule has 0 fully saturated rings. The summed E-state index contributed by atoms with van der Waals surface area (Å²) < 4.78 is 14.3. The fourth-order valence-corrected chi connectivity index (χ4v) is 1.92. The molecule has 0 saturated heterocycles. The Hall–Kier alpha value is -2.08. The van der Waals surface area contributed by atoms with Crippen LogP contribution in [0.25, 0.3) is 0 Å². The summed E-state index contributed by atoms with van der Waals surface area (Å²) in [5, 5.41) is 11.7. The van der Waals surface area contributed by atoms with Gasteiger partial charge in [0.25, 0.3) is 0 Å². The molecule has 0 aliphatic heterocycles. The lowest BCUT2D eigenvalue weighted by atomic mass is 10.2. The Labute approximate surface area is 117 Å². The van der Waals surface area contributed by atoms with E-state index in [0.717, 1.165) is 10.5 Å². The maximum absolute atomic E-state index is 13.5. The van der Waals surface area contributed by atoms with E-state index in [2.05, 4.69) is 21.2 Å². The van der Waals surface area contributed by atoms with Gasteiger partial charge in [-0.1, -0.05) is 15.9 Å². The summed E-state index contributed by atoms with van der Waals surface area (Å²) in [4.78, 5) is 10.7. The largest absolute Gasteiger partial charge is 0.478 e. The highest BCUT2D eigenvalue weighted by atomic mass is 79.9. The van der Waals surface area contributed by atoms with Crippen molar-refractivity contribution in [3.63, 3.8) is 0 Å². The smallest absolute Gasteiger partial charge is 0.338 e. The van der Waals surface area contributed by atoms with Gasteiger partial charge in [-0.05, 0) is 36.4 Å². The molecule has 0 aliphatic carbocycles. The molecule has 0 atom stereocenters. The third-order valence-corrected chi connectivity index (χ3v) is 2.99. The molecule has 0 amide bonds. The van der Waals surface area contributed by atoms with Crippen LogP contribution in [0.3, 0.4) is 0 Å². The molecule has 0 saturated carbocycles. The second-order valence-corrected chi connectivity index (χ2v) is 4.77. The first kappa shape index (κ1) is 13.4. The predicted molar refractivity (Wildman–Crippen MR) is 75.2 cm³/mol. The number of anilines is 3. The van der Waals surface area contributed by atoms with E-state index in [1.54, 1.807) is 18.2 Å². The lowest BCUT2D eigenvalue weighted by Gasteiger charge is -2.10. The number of hydrogen-bond donors (Lipinski definition) is 3. The molecule has 0 radical (unpaired) electrons. The summed E-state index contributed by atoms with van der Waals surface area (Å²) in [5.41, 5.74) is 6.95. The number of nitrogens with two attached hydrogens (primary N) is 1. The van der Waals surface area contributed by atoms with Gasteiger partial charge in [0.1, 0.15) is 5.82 Å². The van der Waals surface area contributed by atoms with Crippen molar-refractivity contribution in [2.45, 2.75) is 0 Å². The van der Waals surface area contributed by atoms with Gasteiger partial charge in [0.2, 0.25) is 0 Å². The van der Waals surface area contributed by atoms with Crippen LogP contribution < -0.4 is 11.1 Å². The number of carboxylic acid groups (broad SMARTS) is 1. The molecule has 6 heteroatoms. The van der Waals surface area contributed by atoms with Crippen LogP contribution in [0, 0.1) is 5.82 Å². The minimum atomic E-state index is -1.30. The van der Waals surface area contributed by atoms with Crippen molar-refractivity contribution in [3.8, 4) is 0 Å². The van der Waals surface area contributed by atoms with Gasteiger partial charge < -0.3 is 16.2 Å². The minimum Gasteiger partial charge on any atom is -0.478 e. The fourth-order valence-electron chi connectivity index (χ4n) is 1.56. The first-order valence-electron chi connectivity index (χ1n) is 5.32. The molecule has 98 valence electrons. The van der Waals surface area contributed by atoms with E-state index < -0.39 is 11.8 Å². The Balaban J connectivity index is 2.31. The second kappa shape index (κ2) is 5.27. The predicted octanol–water partition coefficient (Wildman–Crippen LogP) is 3.61. The summed E-state index contributed by atoms with van der Waals surface area (Å²) >= 11 is 3.31. The molecule has 4 N–H and O–H groups in total. The Bertz CT molecular complexity index is 647. The summed E-state index contributed by atoms with van der Waals surface area (Å²) in [5.74, 6) is -2.10. The van der Waals surface area contributed by atoms with Crippen LogP contribution >= 0.6 is 15.9 Å². The molecule has 19 heavy (non-hydrogen) atoms. The lowest BCUT2D eigenvalue weighted by Crippen LogP contribution is -2.02. The number of aromatic carboxylic acids is 1. The molecule has 0 unspecified atom stereocenters. The zero-order valence-corrected chi connectivity index (χ0v) is 11.2.